The summed E-state index contributed by atoms with van der Waals surface area (Å²) in [7, 11) is 0. The van der Waals surface area contributed by atoms with Crippen molar-refractivity contribution in [3.05, 3.63) is 30.1 Å². The molecule has 0 amide bonds. The number of aryl methyl sites for hydroxylation is 1. The van der Waals surface area contributed by atoms with E-state index in [2.05, 4.69) is 53.1 Å². The second kappa shape index (κ2) is 12.3. The van der Waals surface area contributed by atoms with Crippen LogP contribution in [0.15, 0.2) is 29.3 Å². The summed E-state index contributed by atoms with van der Waals surface area (Å²) in [6.07, 6.45) is 2.84. The van der Waals surface area contributed by atoms with Gasteiger partial charge in [0.15, 0.2) is 5.96 Å². The first kappa shape index (κ1) is 24.7. The summed E-state index contributed by atoms with van der Waals surface area (Å²) in [5.41, 5.74) is 2.28. The van der Waals surface area contributed by atoms with Crippen molar-refractivity contribution in [2.24, 2.45) is 10.4 Å². The maximum absolute atomic E-state index is 9.40. The van der Waals surface area contributed by atoms with Gasteiger partial charge < -0.3 is 20.3 Å². The Hall–Kier alpha value is -1.35. The summed E-state index contributed by atoms with van der Waals surface area (Å²) in [4.78, 5) is 9.43. The van der Waals surface area contributed by atoms with Crippen molar-refractivity contribution in [3.8, 4) is 0 Å². The summed E-state index contributed by atoms with van der Waals surface area (Å²) in [5.74, 6) is 1.86. The van der Waals surface area contributed by atoms with Gasteiger partial charge in [-0.15, -0.1) is 24.0 Å². The van der Waals surface area contributed by atoms with Crippen LogP contribution in [0.25, 0.3) is 11.0 Å². The van der Waals surface area contributed by atoms with Gasteiger partial charge in [0, 0.05) is 32.8 Å². The number of nitrogens with one attached hydrogen (secondary N) is 2. The lowest BCUT2D eigenvalue weighted by molar-refractivity contribution is 0.175. The van der Waals surface area contributed by atoms with Gasteiger partial charge in [-0.1, -0.05) is 26.0 Å². The zero-order valence-electron chi connectivity index (χ0n) is 17.7. The number of aliphatic hydroxyl groups excluding tert-OH is 1. The van der Waals surface area contributed by atoms with Crippen molar-refractivity contribution < 1.29 is 5.11 Å². The monoisotopic (exact) mass is 501 g/mol. The number of aliphatic imine (C=N–C) groups is 1. The maximum atomic E-state index is 9.40. The Morgan fingerprint density at radius 1 is 1.18 bits per heavy atom. The van der Waals surface area contributed by atoms with E-state index in [9.17, 15) is 5.11 Å². The van der Waals surface area contributed by atoms with E-state index in [1.807, 2.05) is 19.1 Å². The minimum Gasteiger partial charge on any atom is -0.396 e. The van der Waals surface area contributed by atoms with Crippen molar-refractivity contribution in [1.29, 1.82) is 0 Å². The molecule has 0 aliphatic carbocycles. The normalized spacial score (nSPS) is 12.1. The topological polar surface area (TPSA) is 74.5 Å². The van der Waals surface area contributed by atoms with Crippen LogP contribution < -0.4 is 10.6 Å². The van der Waals surface area contributed by atoms with Gasteiger partial charge in [0.2, 0.25) is 0 Å². The molecule has 0 spiro atoms. The lowest BCUT2D eigenvalue weighted by Crippen LogP contribution is -2.40. The number of hydrogen-bond acceptors (Lipinski definition) is 3. The van der Waals surface area contributed by atoms with E-state index in [0.29, 0.717) is 0 Å². The maximum Gasteiger partial charge on any atom is 0.191 e. The SMILES string of the molecule is CCNC(=NCC(CC)(CC)CCO)NCCn1c(C)nc2ccccc21.I. The molecule has 2 aromatic rings. The Labute approximate surface area is 186 Å². The number of aliphatic hydroxyl groups is 1. The molecule has 1 aromatic heterocycles. The molecule has 2 rings (SSSR count). The quantitative estimate of drug-likeness (QED) is 0.264. The number of guanidine groups is 1. The third kappa shape index (κ3) is 6.34. The van der Waals surface area contributed by atoms with Gasteiger partial charge >= 0.3 is 0 Å². The lowest BCUT2D eigenvalue weighted by atomic mass is 9.79. The molecule has 6 nitrogen and oxygen atoms in total. The number of fused-ring (bicyclic) bond motifs is 1. The Bertz CT molecular complexity index is 739. The highest BCUT2D eigenvalue weighted by Crippen LogP contribution is 2.30. The van der Waals surface area contributed by atoms with Crippen LogP contribution in [0.5, 0.6) is 0 Å². The van der Waals surface area contributed by atoms with Gasteiger partial charge in [0.25, 0.3) is 0 Å². The highest BCUT2D eigenvalue weighted by Gasteiger charge is 2.25. The third-order valence-electron chi connectivity index (χ3n) is 5.53. The van der Waals surface area contributed by atoms with Gasteiger partial charge in [-0.25, -0.2) is 4.98 Å². The second-order valence-electron chi connectivity index (χ2n) is 7.10. The first-order valence-electron chi connectivity index (χ1n) is 10.1. The molecule has 0 atom stereocenters. The fourth-order valence-corrected chi connectivity index (χ4v) is 3.50. The number of benzene rings is 1. The number of para-hydroxylation sites is 2. The van der Waals surface area contributed by atoms with Crippen LogP contribution in [0, 0.1) is 12.3 Å². The van der Waals surface area contributed by atoms with E-state index >= 15 is 0 Å². The summed E-state index contributed by atoms with van der Waals surface area (Å²) < 4.78 is 2.24. The fraction of sp³-hybridized carbons (Fsp3) is 0.619. The van der Waals surface area contributed by atoms with E-state index in [-0.39, 0.29) is 36.0 Å². The van der Waals surface area contributed by atoms with Crippen LogP contribution >= 0.6 is 24.0 Å². The molecule has 3 N–H and O–H groups in total. The molecule has 0 radical (unpaired) electrons. The van der Waals surface area contributed by atoms with E-state index in [0.717, 1.165) is 68.3 Å². The smallest absolute Gasteiger partial charge is 0.191 e. The molecule has 28 heavy (non-hydrogen) atoms. The number of halogens is 1. The van der Waals surface area contributed by atoms with E-state index in [4.69, 9.17) is 4.99 Å². The summed E-state index contributed by atoms with van der Waals surface area (Å²) in [5, 5.41) is 16.2. The highest BCUT2D eigenvalue weighted by molar-refractivity contribution is 14.0. The number of hydrogen-bond donors (Lipinski definition) is 3. The molecule has 0 saturated carbocycles. The summed E-state index contributed by atoms with van der Waals surface area (Å²) in [6, 6.07) is 8.23. The van der Waals surface area contributed by atoms with Gasteiger partial charge in [0.05, 0.1) is 11.0 Å². The van der Waals surface area contributed by atoms with Gasteiger partial charge in [-0.3, -0.25) is 4.99 Å². The molecule has 0 bridgehead atoms. The van der Waals surface area contributed by atoms with Gasteiger partial charge in [-0.05, 0) is 50.7 Å². The number of nitrogens with zero attached hydrogens (tertiary/aromatic N) is 3. The largest absolute Gasteiger partial charge is 0.396 e. The van der Waals surface area contributed by atoms with Crippen LogP contribution in [0.4, 0.5) is 0 Å². The molecule has 158 valence electrons. The van der Waals surface area contributed by atoms with Crippen molar-refractivity contribution in [1.82, 2.24) is 20.2 Å². The minimum absolute atomic E-state index is 0. The molecule has 0 unspecified atom stereocenters. The number of aromatic nitrogens is 2. The molecule has 0 aliphatic rings. The van der Waals surface area contributed by atoms with Crippen molar-refractivity contribution in [2.75, 3.05) is 26.2 Å². The molecule has 1 heterocycles. The molecule has 0 saturated heterocycles. The standard InChI is InChI=1S/C21H35N5O.HI/c1-5-21(6-2,12-15-27)16-24-20(22-7-3)23-13-14-26-17(4)25-18-10-8-9-11-19(18)26;/h8-11,27H,5-7,12-16H2,1-4H3,(H2,22,23,24);1H. The molecule has 7 heteroatoms. The fourth-order valence-electron chi connectivity index (χ4n) is 3.50. The average molecular weight is 501 g/mol. The van der Waals surface area contributed by atoms with E-state index < -0.39 is 0 Å². The van der Waals surface area contributed by atoms with Crippen molar-refractivity contribution in [2.45, 2.75) is 53.5 Å². The average Bonchev–Trinajstić information content (AvgIpc) is 3.00. The van der Waals surface area contributed by atoms with Crippen LogP contribution in [0.1, 0.15) is 45.9 Å². The zero-order chi connectivity index (χ0) is 19.7. The molecule has 1 aromatic carbocycles. The molecular weight excluding hydrogens is 465 g/mol. The Morgan fingerprint density at radius 2 is 1.89 bits per heavy atom. The second-order valence-corrected chi connectivity index (χ2v) is 7.10. The predicted octanol–water partition coefficient (Wildman–Crippen LogP) is 3.71. The molecule has 0 aliphatic heterocycles. The molecular formula is C21H36IN5O. The highest BCUT2D eigenvalue weighted by atomic mass is 127. The number of rotatable bonds is 10. The van der Waals surface area contributed by atoms with Crippen LogP contribution in [0.2, 0.25) is 0 Å². The Morgan fingerprint density at radius 3 is 2.54 bits per heavy atom. The first-order chi connectivity index (χ1) is 13.1. The summed E-state index contributed by atoms with van der Waals surface area (Å²) >= 11 is 0. The minimum atomic E-state index is 0. The van der Waals surface area contributed by atoms with Gasteiger partial charge in [-0.2, -0.15) is 0 Å². The first-order valence-corrected chi connectivity index (χ1v) is 10.1. The summed E-state index contributed by atoms with van der Waals surface area (Å²) in [6.45, 7) is 11.9. The van der Waals surface area contributed by atoms with E-state index in [1.54, 1.807) is 0 Å². The Kier molecular flexibility index (Phi) is 10.8. The van der Waals surface area contributed by atoms with E-state index in [1.165, 1.54) is 0 Å². The Balaban J connectivity index is 0.00000392. The van der Waals surface area contributed by atoms with Crippen molar-refractivity contribution >= 4 is 41.0 Å². The van der Waals surface area contributed by atoms with Crippen molar-refractivity contribution in [3.63, 3.8) is 0 Å². The molecule has 0 fully saturated rings. The predicted molar refractivity (Wildman–Crippen MR) is 129 cm³/mol. The van der Waals surface area contributed by atoms with Crippen LogP contribution in [-0.2, 0) is 6.54 Å². The van der Waals surface area contributed by atoms with Gasteiger partial charge in [0.1, 0.15) is 5.82 Å². The van der Waals surface area contributed by atoms with Crippen LogP contribution in [-0.4, -0.2) is 46.9 Å². The lowest BCUT2D eigenvalue weighted by Gasteiger charge is -2.29. The third-order valence-corrected chi connectivity index (χ3v) is 5.53. The van der Waals surface area contributed by atoms with Crippen LogP contribution in [0.3, 0.4) is 0 Å². The zero-order valence-corrected chi connectivity index (χ0v) is 20.0. The number of imidazole rings is 1.